The van der Waals surface area contributed by atoms with Crippen molar-refractivity contribution in [2.45, 2.75) is 31.6 Å². The van der Waals surface area contributed by atoms with Gasteiger partial charge in [-0.15, -0.1) is 0 Å². The molecule has 1 unspecified atom stereocenters. The van der Waals surface area contributed by atoms with E-state index in [0.717, 1.165) is 30.3 Å². The summed E-state index contributed by atoms with van der Waals surface area (Å²) >= 11 is 0. The third kappa shape index (κ3) is 4.39. The molecule has 4 rings (SSSR count). The lowest BCUT2D eigenvalue weighted by Crippen LogP contribution is -2.31. The Kier molecular flexibility index (Phi) is 5.74. The van der Waals surface area contributed by atoms with E-state index in [0.29, 0.717) is 17.7 Å². The lowest BCUT2D eigenvalue weighted by atomic mass is 10.1. The van der Waals surface area contributed by atoms with Gasteiger partial charge < -0.3 is 19.3 Å². The van der Waals surface area contributed by atoms with Gasteiger partial charge in [-0.2, -0.15) is 19.0 Å². The number of H-pyrrole nitrogens is 1. The molecule has 1 fully saturated rings. The van der Waals surface area contributed by atoms with E-state index in [1.807, 2.05) is 0 Å². The van der Waals surface area contributed by atoms with Crippen molar-refractivity contribution in [1.29, 1.82) is 0 Å². The number of aromatic nitrogens is 4. The van der Waals surface area contributed by atoms with E-state index in [1.54, 1.807) is 23.1 Å². The van der Waals surface area contributed by atoms with E-state index >= 15 is 0 Å². The minimum atomic E-state index is -3.53. The fourth-order valence-electron chi connectivity index (χ4n) is 3.37. The van der Waals surface area contributed by atoms with Gasteiger partial charge in [0.1, 0.15) is 11.4 Å². The van der Waals surface area contributed by atoms with E-state index in [4.69, 9.17) is 19.3 Å². The predicted octanol–water partition coefficient (Wildman–Crippen LogP) is 3.11. The van der Waals surface area contributed by atoms with Crippen LogP contribution in [0.3, 0.4) is 0 Å². The number of hydrogen-bond acceptors (Lipinski definition) is 6. The number of hydrogen-bond donors (Lipinski definition) is 2. The van der Waals surface area contributed by atoms with E-state index in [-0.39, 0.29) is 25.2 Å². The molecule has 0 aliphatic carbocycles. The number of aliphatic hydroxyl groups is 1. The van der Waals surface area contributed by atoms with Crippen LogP contribution in [0.5, 0.6) is 5.75 Å². The molecule has 2 N–H and O–H groups in total. The van der Waals surface area contributed by atoms with Crippen LogP contribution in [0.2, 0.25) is 0 Å². The molecule has 0 bridgehead atoms. The highest BCUT2D eigenvalue weighted by molar-refractivity contribution is 5.94. The van der Waals surface area contributed by atoms with Crippen molar-refractivity contribution in [3.63, 3.8) is 0 Å². The summed E-state index contributed by atoms with van der Waals surface area (Å²) in [6.45, 7) is -0.807. The average Bonchev–Trinajstić information content (AvgIpc) is 3.36. The third-order valence-corrected chi connectivity index (χ3v) is 4.65. The van der Waals surface area contributed by atoms with Crippen molar-refractivity contribution < 1.29 is 28.1 Å². The summed E-state index contributed by atoms with van der Waals surface area (Å²) in [5.74, 6) is -0.0102. The first-order valence-corrected chi connectivity index (χ1v) is 9.46. The largest absolute Gasteiger partial charge is 0.431 e. The molecule has 1 atom stereocenters. The van der Waals surface area contributed by atoms with Crippen molar-refractivity contribution in [1.82, 2.24) is 20.0 Å². The number of nitrogens with one attached hydrogen (secondary N) is 1. The number of benzene rings is 1. The number of aliphatic hydroxyl groups excluding tert-OH is 1. The number of rotatable bonds is 8. The normalized spacial score (nSPS) is 17.7. The molecule has 1 aromatic carbocycles. The number of fused-ring (bicyclic) bond motifs is 1. The molecule has 8 nitrogen and oxygen atoms in total. The summed E-state index contributed by atoms with van der Waals surface area (Å²) < 4.78 is 45.2. The van der Waals surface area contributed by atoms with Crippen LogP contribution in [-0.2, 0) is 9.47 Å². The Hall–Kier alpha value is -2.56. The van der Waals surface area contributed by atoms with Gasteiger partial charge in [-0.1, -0.05) is 0 Å². The van der Waals surface area contributed by atoms with Gasteiger partial charge in [-0.05, 0) is 37.5 Å². The first-order chi connectivity index (χ1) is 14.1. The number of alkyl halides is 2. The Bertz CT molecular complexity index is 939. The van der Waals surface area contributed by atoms with Gasteiger partial charge in [0, 0.05) is 23.8 Å². The highest BCUT2D eigenvalue weighted by atomic mass is 19.3. The third-order valence-electron chi connectivity index (χ3n) is 4.65. The number of halogens is 2. The molecule has 3 aromatic rings. The maximum atomic E-state index is 14.0. The van der Waals surface area contributed by atoms with E-state index in [9.17, 15) is 8.78 Å². The maximum Gasteiger partial charge on any atom is 0.421 e. The zero-order valence-corrected chi connectivity index (χ0v) is 15.7. The van der Waals surface area contributed by atoms with Crippen molar-refractivity contribution in [2.75, 3.05) is 26.4 Å². The van der Waals surface area contributed by atoms with Crippen LogP contribution >= 0.6 is 0 Å². The monoisotopic (exact) mass is 408 g/mol. The standard InChI is InChI=1S/C19H22F2N4O4/c20-19(21,12-27-8-6-26)29-14-4-5-16-15(9-14)18(13-10-22-23-11-13)24-25(16)17-3-1-2-7-28-17/h4-5,9-11,17,26H,1-3,6-8,12H2,(H,22,23). The SMILES string of the molecule is OCCOCC(F)(F)Oc1ccc2c(c1)c(-c1cn[nH]c1)nn2C1CCCCO1. The van der Waals surface area contributed by atoms with Crippen molar-refractivity contribution in [2.24, 2.45) is 0 Å². The Morgan fingerprint density at radius 1 is 1.34 bits per heavy atom. The van der Waals surface area contributed by atoms with Crippen molar-refractivity contribution >= 4 is 10.9 Å². The van der Waals surface area contributed by atoms with E-state index < -0.39 is 12.7 Å². The van der Waals surface area contributed by atoms with Crippen LogP contribution in [0.4, 0.5) is 8.78 Å². The highest BCUT2D eigenvalue weighted by Crippen LogP contribution is 2.35. The van der Waals surface area contributed by atoms with Crippen LogP contribution < -0.4 is 4.74 Å². The molecule has 1 aliphatic rings. The molecule has 0 amide bonds. The number of nitrogens with zero attached hydrogens (tertiary/aromatic N) is 3. The van der Waals surface area contributed by atoms with E-state index in [2.05, 4.69) is 15.3 Å². The Morgan fingerprint density at radius 3 is 2.97 bits per heavy atom. The molecule has 3 heterocycles. The van der Waals surface area contributed by atoms with Crippen LogP contribution in [-0.4, -0.2) is 57.6 Å². The van der Waals surface area contributed by atoms with Gasteiger partial charge in [-0.25, -0.2) is 4.68 Å². The highest BCUT2D eigenvalue weighted by Gasteiger charge is 2.32. The van der Waals surface area contributed by atoms with Crippen LogP contribution in [0.25, 0.3) is 22.2 Å². The first kappa shape index (κ1) is 19.7. The van der Waals surface area contributed by atoms with Crippen LogP contribution in [0.1, 0.15) is 25.5 Å². The molecule has 29 heavy (non-hydrogen) atoms. The first-order valence-electron chi connectivity index (χ1n) is 9.46. The Morgan fingerprint density at radius 2 is 2.24 bits per heavy atom. The average molecular weight is 408 g/mol. The molecule has 1 aliphatic heterocycles. The molecule has 0 radical (unpaired) electrons. The zero-order chi connectivity index (χ0) is 20.3. The molecule has 2 aromatic heterocycles. The van der Waals surface area contributed by atoms with Gasteiger partial charge in [-0.3, -0.25) is 5.10 Å². The molecule has 0 saturated carbocycles. The Labute approximate surface area is 165 Å². The Balaban J connectivity index is 1.68. The molecular weight excluding hydrogens is 386 g/mol. The summed E-state index contributed by atoms with van der Waals surface area (Å²) in [6, 6.07) is 4.70. The van der Waals surface area contributed by atoms with Gasteiger partial charge in [0.05, 0.1) is 24.9 Å². The van der Waals surface area contributed by atoms with Crippen molar-refractivity contribution in [3.8, 4) is 17.0 Å². The molecule has 156 valence electrons. The fourth-order valence-corrected chi connectivity index (χ4v) is 3.37. The van der Waals surface area contributed by atoms with Gasteiger partial charge in [0.2, 0.25) is 0 Å². The zero-order valence-electron chi connectivity index (χ0n) is 15.7. The molecular formula is C19H22F2N4O4. The summed E-state index contributed by atoms with van der Waals surface area (Å²) in [5.41, 5.74) is 2.10. The van der Waals surface area contributed by atoms with Crippen LogP contribution in [0.15, 0.2) is 30.6 Å². The summed E-state index contributed by atoms with van der Waals surface area (Å²) in [7, 11) is 0. The summed E-state index contributed by atoms with van der Waals surface area (Å²) in [6.07, 6.45) is 2.47. The topological polar surface area (TPSA) is 94.4 Å². The van der Waals surface area contributed by atoms with Gasteiger partial charge in [0.25, 0.3) is 0 Å². The van der Waals surface area contributed by atoms with E-state index in [1.165, 1.54) is 12.1 Å². The predicted molar refractivity (Wildman–Crippen MR) is 99.6 cm³/mol. The van der Waals surface area contributed by atoms with Crippen LogP contribution in [0, 0.1) is 0 Å². The number of ether oxygens (including phenoxy) is 3. The lowest BCUT2D eigenvalue weighted by molar-refractivity contribution is -0.212. The maximum absolute atomic E-state index is 14.0. The molecule has 10 heteroatoms. The fraction of sp³-hybridized carbons (Fsp3) is 0.474. The quantitative estimate of drug-likeness (QED) is 0.556. The smallest absolute Gasteiger partial charge is 0.421 e. The molecule has 0 spiro atoms. The summed E-state index contributed by atoms with van der Waals surface area (Å²) in [5, 5.41) is 20.7. The van der Waals surface area contributed by atoms with Crippen molar-refractivity contribution in [3.05, 3.63) is 30.6 Å². The minimum Gasteiger partial charge on any atom is -0.431 e. The molecule has 1 saturated heterocycles. The number of aromatic amines is 1. The minimum absolute atomic E-state index is 0.0102. The summed E-state index contributed by atoms with van der Waals surface area (Å²) in [4.78, 5) is 0. The van der Waals surface area contributed by atoms with Gasteiger partial charge in [0.15, 0.2) is 12.8 Å². The second kappa shape index (κ2) is 8.44. The second-order valence-electron chi connectivity index (χ2n) is 6.80. The second-order valence-corrected chi connectivity index (χ2v) is 6.80. The lowest BCUT2D eigenvalue weighted by Gasteiger charge is -2.23. The van der Waals surface area contributed by atoms with Gasteiger partial charge >= 0.3 is 6.11 Å².